The van der Waals surface area contributed by atoms with Gasteiger partial charge in [-0.2, -0.15) is 0 Å². The highest BCUT2D eigenvalue weighted by atomic mass is 19.1. The van der Waals surface area contributed by atoms with Gasteiger partial charge in [-0.05, 0) is 133 Å². The first-order valence-electron chi connectivity index (χ1n) is 28.1. The van der Waals surface area contributed by atoms with Crippen LogP contribution in [0.4, 0.5) is 4.39 Å². The molecule has 0 aliphatic carbocycles. The molecule has 5 heteroatoms. The van der Waals surface area contributed by atoms with Crippen LogP contribution in [0.1, 0.15) is 71.9 Å². The minimum atomic E-state index is -3.50. The Morgan fingerprint density at radius 1 is 0.552 bits per heavy atom. The summed E-state index contributed by atoms with van der Waals surface area (Å²) in [5, 5.41) is 0.697. The van der Waals surface area contributed by atoms with Crippen molar-refractivity contribution >= 4 is 21.9 Å². The molecule has 0 saturated carbocycles. The van der Waals surface area contributed by atoms with Gasteiger partial charge in [0.1, 0.15) is 17.0 Å². The molecule has 0 saturated heterocycles. The Morgan fingerprint density at radius 3 is 1.69 bits per heavy atom. The van der Waals surface area contributed by atoms with Crippen LogP contribution < -0.4 is 0 Å². The smallest absolute Gasteiger partial charge is 0.144 e. The number of furan rings is 1. The van der Waals surface area contributed by atoms with Crippen molar-refractivity contribution in [3.8, 4) is 33.8 Å². The average Bonchev–Trinajstić information content (AvgIpc) is 3.71. The number of hydrogen-bond donors (Lipinski definition) is 0. The van der Waals surface area contributed by atoms with Crippen molar-refractivity contribution in [3.63, 3.8) is 0 Å². The Balaban J connectivity index is 1.20. The van der Waals surface area contributed by atoms with Crippen molar-refractivity contribution in [1.82, 2.24) is 15.0 Å². The van der Waals surface area contributed by atoms with Crippen LogP contribution in [0.5, 0.6) is 0 Å². The normalized spacial score (nSPS) is 18.4. The lowest BCUT2D eigenvalue weighted by atomic mass is 9.93. The van der Waals surface area contributed by atoms with E-state index in [2.05, 4.69) is 15.0 Å². The molecule has 0 amide bonds. The number of pyridine rings is 3. The zero-order valence-corrected chi connectivity index (χ0v) is 30.5. The second-order valence-electron chi connectivity index (χ2n) is 13.2. The number of benzene rings is 5. The molecule has 4 heterocycles. The van der Waals surface area contributed by atoms with E-state index in [0.29, 0.717) is 28.1 Å². The van der Waals surface area contributed by atoms with Crippen LogP contribution in [0.2, 0.25) is 0 Å². The molecule has 0 bridgehead atoms. The van der Waals surface area contributed by atoms with Gasteiger partial charge in [-0.1, -0.05) is 97.1 Å². The fourth-order valence-corrected chi connectivity index (χ4v) is 6.39. The predicted octanol–water partition coefficient (Wildman–Crippen LogP) is 12.9. The fourth-order valence-electron chi connectivity index (χ4n) is 6.39. The van der Waals surface area contributed by atoms with E-state index >= 15 is 0 Å². The monoisotopic (exact) mass is 777 g/mol. The Kier molecular flexibility index (Phi) is 5.83. The minimum absolute atomic E-state index is 0.108. The highest BCUT2D eigenvalue weighted by Gasteiger charge is 2.14. The van der Waals surface area contributed by atoms with Gasteiger partial charge in [-0.3, -0.25) is 15.0 Å². The maximum absolute atomic E-state index is 14.6. The zero-order valence-electron chi connectivity index (χ0n) is 50.5. The molecule has 9 rings (SSSR count). The molecule has 0 aliphatic heterocycles. The summed E-state index contributed by atoms with van der Waals surface area (Å²) < 4.78 is 201. The Bertz CT molecular complexity index is 3630. The SMILES string of the molecule is [2H]c1cc2c(oc3c(-c4ccc(C([2H])([2H])C([2H])([2H])c5cc(C([2H])([2H])C([2H])([2H])c6cnc(-c7ccccc7)cc6C([2H])([2H])[2H])cc(C([2H])([2H])C([2H])([2H])c6cnc(-c7ccccc7)cc6C([2H])([2H])[2H])c5)cn4)cccc32)c([2H])c1F. The number of hydrogen-bond acceptors (Lipinski definition) is 4. The maximum atomic E-state index is 14.6. The van der Waals surface area contributed by atoms with Crippen LogP contribution in [0.15, 0.2) is 162 Å². The third-order valence-electron chi connectivity index (χ3n) is 9.27. The van der Waals surface area contributed by atoms with Gasteiger partial charge < -0.3 is 4.42 Å². The van der Waals surface area contributed by atoms with Gasteiger partial charge in [-0.15, -0.1) is 0 Å². The summed E-state index contributed by atoms with van der Waals surface area (Å²) in [6.07, 6.45) is -17.7. The zero-order chi connectivity index (χ0) is 56.9. The molecule has 0 radical (unpaired) electrons. The van der Waals surface area contributed by atoms with Crippen molar-refractivity contribution < 1.29 is 36.2 Å². The highest BCUT2D eigenvalue weighted by Crippen LogP contribution is 2.35. The van der Waals surface area contributed by atoms with E-state index in [1.54, 1.807) is 78.9 Å². The number of para-hydroxylation sites is 1. The molecule has 58 heavy (non-hydrogen) atoms. The number of aromatic nitrogens is 3. The quantitative estimate of drug-likeness (QED) is 0.124. The average molecular weight is 778 g/mol. The summed E-state index contributed by atoms with van der Waals surface area (Å²) in [4.78, 5) is 13.0. The summed E-state index contributed by atoms with van der Waals surface area (Å²) in [6.45, 7) is -6.16. The van der Waals surface area contributed by atoms with Crippen molar-refractivity contribution in [1.29, 1.82) is 0 Å². The van der Waals surface area contributed by atoms with Crippen molar-refractivity contribution in [3.05, 3.63) is 208 Å². The van der Waals surface area contributed by atoms with Crippen LogP contribution in [0.3, 0.4) is 0 Å². The fraction of sp³-hybridized carbons (Fsp3) is 0.151. The summed E-state index contributed by atoms with van der Waals surface area (Å²) in [7, 11) is 0. The van der Waals surface area contributed by atoms with Gasteiger partial charge in [0.15, 0.2) is 0 Å². The lowest BCUT2D eigenvalue weighted by molar-refractivity contribution is 0.618. The van der Waals surface area contributed by atoms with E-state index in [1.165, 1.54) is 18.2 Å². The van der Waals surface area contributed by atoms with E-state index in [1.807, 2.05) is 0 Å². The van der Waals surface area contributed by atoms with Gasteiger partial charge in [0.2, 0.25) is 0 Å². The minimum Gasteiger partial charge on any atom is -0.455 e. The lowest BCUT2D eigenvalue weighted by Crippen LogP contribution is -2.02. The molecule has 5 aromatic carbocycles. The molecule has 4 nitrogen and oxygen atoms in total. The second-order valence-corrected chi connectivity index (χ2v) is 13.2. The van der Waals surface area contributed by atoms with Crippen molar-refractivity contribution in [2.24, 2.45) is 0 Å². The molecular formula is C53H44FN3O. The maximum Gasteiger partial charge on any atom is 0.144 e. The van der Waals surface area contributed by atoms with Crippen LogP contribution in [-0.2, 0) is 38.2 Å². The second kappa shape index (κ2) is 16.4. The van der Waals surface area contributed by atoms with Crippen molar-refractivity contribution in [2.75, 3.05) is 0 Å². The molecule has 9 aromatic rings. The first-order chi connectivity index (χ1) is 36.2. The number of aryl methyl sites for hydroxylation is 8. The van der Waals surface area contributed by atoms with Crippen LogP contribution >= 0.6 is 0 Å². The van der Waals surface area contributed by atoms with Gasteiger partial charge in [0.05, 0.1) is 19.8 Å². The first-order valence-corrected chi connectivity index (χ1v) is 18.1. The molecule has 0 N–H and O–H groups in total. The number of halogens is 1. The largest absolute Gasteiger partial charge is 0.455 e. The third-order valence-corrected chi connectivity index (χ3v) is 9.27. The van der Waals surface area contributed by atoms with E-state index in [9.17, 15) is 20.8 Å². The molecule has 4 aromatic heterocycles. The number of rotatable bonds is 12. The molecule has 0 fully saturated rings. The van der Waals surface area contributed by atoms with Crippen LogP contribution in [0, 0.1) is 19.5 Å². The standard InChI is InChI=1S/C53H44FN3O/c1-35-26-50(41-10-5-3-6-11-41)56-33-43(35)21-18-39-28-38(29-40(30-39)19-22-44-34-57-51(27-36(44)2)42-12-7-4-8-13-42)17-16-37-20-25-49(55-32-37)48-15-9-14-47-46-24-23-45(54)31-52(46)58-53(47)48/h3-15,20,23-34H,16-19,21-22H2,1-2H3/i1D3,2D3,16D2,17D2,18D2,19D2,21D2,22D2,23D,31D. The Labute approximate surface area is 367 Å². The van der Waals surface area contributed by atoms with Gasteiger partial charge in [0.25, 0.3) is 0 Å². The molecular weight excluding hydrogens is 714 g/mol. The van der Waals surface area contributed by atoms with E-state index in [0.717, 1.165) is 42.9 Å². The summed E-state index contributed by atoms with van der Waals surface area (Å²) in [5.41, 5.74) is -4.27. The van der Waals surface area contributed by atoms with E-state index < -0.39 is 114 Å². The highest BCUT2D eigenvalue weighted by molar-refractivity contribution is 6.09. The molecule has 0 aliphatic rings. The summed E-state index contributed by atoms with van der Waals surface area (Å²) in [5.74, 6) is -1.09. The Hall–Kier alpha value is -6.72. The summed E-state index contributed by atoms with van der Waals surface area (Å²) in [6, 6.07) is 28.3. The first kappa shape index (κ1) is 20.6. The van der Waals surface area contributed by atoms with E-state index in [-0.39, 0.29) is 33.6 Å². The van der Waals surface area contributed by atoms with Crippen LogP contribution in [0.25, 0.3) is 55.7 Å². The van der Waals surface area contributed by atoms with Gasteiger partial charge >= 0.3 is 0 Å². The van der Waals surface area contributed by atoms with Crippen molar-refractivity contribution in [2.45, 2.75) is 51.9 Å². The predicted molar refractivity (Wildman–Crippen MR) is 234 cm³/mol. The molecule has 0 unspecified atom stereocenters. The Morgan fingerprint density at radius 2 is 1.12 bits per heavy atom. The molecule has 284 valence electrons. The summed E-state index contributed by atoms with van der Waals surface area (Å²) >= 11 is 0. The molecule has 0 spiro atoms. The van der Waals surface area contributed by atoms with Gasteiger partial charge in [0, 0.05) is 76.8 Å². The van der Waals surface area contributed by atoms with Gasteiger partial charge in [-0.25, -0.2) is 4.39 Å². The molecule has 0 atom stereocenters. The lowest BCUT2D eigenvalue weighted by Gasteiger charge is -2.13. The number of nitrogens with zero attached hydrogens (tertiary/aromatic N) is 3. The van der Waals surface area contributed by atoms with E-state index in [4.69, 9.17) is 15.4 Å². The number of fused-ring (bicyclic) bond motifs is 3. The topological polar surface area (TPSA) is 51.8 Å². The van der Waals surface area contributed by atoms with Crippen LogP contribution in [-0.4, -0.2) is 15.0 Å². The third kappa shape index (κ3) is 8.07.